The Morgan fingerprint density at radius 2 is 2.13 bits per heavy atom. The van der Waals surface area contributed by atoms with Gasteiger partial charge in [0.15, 0.2) is 0 Å². The molecular weight excluding hydrogens is 278 g/mol. The lowest BCUT2D eigenvalue weighted by Crippen LogP contribution is -2.33. The molecule has 0 bridgehead atoms. The molecule has 0 aromatic heterocycles. The quantitative estimate of drug-likeness (QED) is 0.549. The van der Waals surface area contributed by atoms with Crippen LogP contribution in [0.1, 0.15) is 32.6 Å². The van der Waals surface area contributed by atoms with E-state index in [4.69, 9.17) is 0 Å². The summed E-state index contributed by atoms with van der Waals surface area (Å²) in [4.78, 5) is 11.4. The van der Waals surface area contributed by atoms with Crippen molar-refractivity contribution < 1.29 is 9.00 Å². The summed E-state index contributed by atoms with van der Waals surface area (Å²) in [5, 5.41) is 3.85. The maximum atomic E-state index is 11.4. The number of halogens is 1. The van der Waals surface area contributed by atoms with Gasteiger partial charge in [-0.1, -0.05) is 15.9 Å². The van der Waals surface area contributed by atoms with E-state index >= 15 is 0 Å². The average molecular weight is 298 g/mol. The second-order valence-corrected chi connectivity index (χ2v) is 6.03. The topological polar surface area (TPSA) is 46.2 Å². The first kappa shape index (κ1) is 15.1. The third-order valence-electron chi connectivity index (χ3n) is 2.03. The molecule has 0 heterocycles. The van der Waals surface area contributed by atoms with Gasteiger partial charge in [0, 0.05) is 40.6 Å². The van der Waals surface area contributed by atoms with Gasteiger partial charge in [-0.05, 0) is 26.2 Å². The Hall–Kier alpha value is 0.1000. The molecule has 15 heavy (non-hydrogen) atoms. The predicted molar refractivity (Wildman–Crippen MR) is 68.8 cm³/mol. The molecule has 2 unspecified atom stereocenters. The van der Waals surface area contributed by atoms with Gasteiger partial charge >= 0.3 is 0 Å². The van der Waals surface area contributed by atoms with Crippen molar-refractivity contribution >= 4 is 32.6 Å². The van der Waals surface area contributed by atoms with E-state index in [1.165, 1.54) is 0 Å². The predicted octanol–water partition coefficient (Wildman–Crippen LogP) is 1.82. The van der Waals surface area contributed by atoms with Crippen LogP contribution < -0.4 is 5.32 Å². The summed E-state index contributed by atoms with van der Waals surface area (Å²) >= 11 is 3.33. The van der Waals surface area contributed by atoms with Gasteiger partial charge in [-0.25, -0.2) is 0 Å². The molecule has 3 nitrogen and oxygen atoms in total. The standard InChI is InChI=1S/C10H20BrNO2S/c1-9(6-8-15(2)14)12-10(13)5-3-4-7-11/h9H,3-8H2,1-2H3,(H,12,13). The highest BCUT2D eigenvalue weighted by atomic mass is 79.9. The monoisotopic (exact) mass is 297 g/mol. The Morgan fingerprint density at radius 1 is 1.47 bits per heavy atom. The normalized spacial score (nSPS) is 14.6. The summed E-state index contributed by atoms with van der Waals surface area (Å²) in [6, 6.07) is 0.130. The van der Waals surface area contributed by atoms with Gasteiger partial charge < -0.3 is 5.32 Å². The second-order valence-electron chi connectivity index (χ2n) is 3.68. The van der Waals surface area contributed by atoms with E-state index in [2.05, 4.69) is 21.2 Å². The minimum Gasteiger partial charge on any atom is -0.354 e. The van der Waals surface area contributed by atoms with E-state index in [1.807, 2.05) is 6.92 Å². The zero-order valence-corrected chi connectivity index (χ0v) is 11.8. The molecule has 0 aliphatic carbocycles. The molecule has 1 N–H and O–H groups in total. The van der Waals surface area contributed by atoms with Crippen molar-refractivity contribution in [2.45, 2.75) is 38.6 Å². The van der Waals surface area contributed by atoms with Gasteiger partial charge in [0.1, 0.15) is 0 Å². The molecule has 0 saturated heterocycles. The number of hydrogen-bond acceptors (Lipinski definition) is 2. The van der Waals surface area contributed by atoms with Crippen LogP contribution >= 0.6 is 15.9 Å². The lowest BCUT2D eigenvalue weighted by atomic mass is 10.2. The van der Waals surface area contributed by atoms with Crippen molar-refractivity contribution in [1.82, 2.24) is 5.32 Å². The smallest absolute Gasteiger partial charge is 0.220 e. The molecule has 0 rings (SSSR count). The molecular formula is C10H20BrNO2S. The van der Waals surface area contributed by atoms with Crippen LogP contribution in [0.5, 0.6) is 0 Å². The lowest BCUT2D eigenvalue weighted by molar-refractivity contribution is -0.121. The maximum absolute atomic E-state index is 11.4. The first-order chi connectivity index (χ1) is 7.06. The number of unbranched alkanes of at least 4 members (excludes halogenated alkanes) is 1. The van der Waals surface area contributed by atoms with Crippen LogP contribution in [-0.4, -0.2) is 33.5 Å². The maximum Gasteiger partial charge on any atom is 0.220 e. The average Bonchev–Trinajstić information content (AvgIpc) is 2.15. The van der Waals surface area contributed by atoms with E-state index in [1.54, 1.807) is 6.26 Å². The first-order valence-electron chi connectivity index (χ1n) is 5.21. The Bertz CT molecular complexity index is 212. The molecule has 90 valence electrons. The Labute approximate surface area is 103 Å². The lowest BCUT2D eigenvalue weighted by Gasteiger charge is -2.12. The fourth-order valence-electron chi connectivity index (χ4n) is 1.14. The number of hydrogen-bond donors (Lipinski definition) is 1. The highest BCUT2D eigenvalue weighted by molar-refractivity contribution is 9.09. The number of carbonyl (C=O) groups is 1. The van der Waals surface area contributed by atoms with Crippen LogP contribution in [0.2, 0.25) is 0 Å². The molecule has 1 amide bonds. The fraction of sp³-hybridized carbons (Fsp3) is 0.900. The first-order valence-corrected chi connectivity index (χ1v) is 8.06. The molecule has 5 heteroatoms. The van der Waals surface area contributed by atoms with Crippen molar-refractivity contribution in [2.75, 3.05) is 17.3 Å². The number of rotatable bonds is 8. The molecule has 0 aromatic rings. The summed E-state index contributed by atoms with van der Waals surface area (Å²) in [7, 11) is -0.765. The third-order valence-corrected chi connectivity index (χ3v) is 3.40. The number of alkyl halides is 1. The van der Waals surface area contributed by atoms with Crippen molar-refractivity contribution in [2.24, 2.45) is 0 Å². The van der Waals surface area contributed by atoms with Crippen LogP contribution in [0.25, 0.3) is 0 Å². The van der Waals surface area contributed by atoms with E-state index in [-0.39, 0.29) is 11.9 Å². The fourth-order valence-corrected chi connectivity index (χ4v) is 2.22. The largest absolute Gasteiger partial charge is 0.354 e. The van der Waals surface area contributed by atoms with Gasteiger partial charge in [0.25, 0.3) is 0 Å². The van der Waals surface area contributed by atoms with Crippen LogP contribution in [0, 0.1) is 0 Å². The number of nitrogens with one attached hydrogen (secondary N) is 1. The van der Waals surface area contributed by atoms with E-state index in [0.717, 1.165) is 24.6 Å². The summed E-state index contributed by atoms with van der Waals surface area (Å²) in [6.07, 6.45) is 5.01. The molecule has 0 aromatic carbocycles. The Balaban J connectivity index is 3.53. The van der Waals surface area contributed by atoms with Crippen LogP contribution in [-0.2, 0) is 15.6 Å². The zero-order chi connectivity index (χ0) is 11.7. The van der Waals surface area contributed by atoms with Gasteiger partial charge in [-0.15, -0.1) is 0 Å². The minimum absolute atomic E-state index is 0.102. The number of amides is 1. The molecule has 0 fully saturated rings. The Kier molecular flexibility index (Phi) is 9.40. The molecule has 0 radical (unpaired) electrons. The molecule has 2 atom stereocenters. The molecule has 0 aliphatic heterocycles. The summed E-state index contributed by atoms with van der Waals surface area (Å²) in [6.45, 7) is 1.95. The van der Waals surface area contributed by atoms with Gasteiger partial charge in [-0.3, -0.25) is 9.00 Å². The van der Waals surface area contributed by atoms with Crippen molar-refractivity contribution in [3.8, 4) is 0 Å². The van der Waals surface area contributed by atoms with E-state index in [0.29, 0.717) is 12.2 Å². The van der Waals surface area contributed by atoms with Gasteiger partial charge in [-0.2, -0.15) is 0 Å². The van der Waals surface area contributed by atoms with Crippen LogP contribution in [0.4, 0.5) is 0 Å². The van der Waals surface area contributed by atoms with Crippen LogP contribution in [0.3, 0.4) is 0 Å². The molecule has 0 spiro atoms. The van der Waals surface area contributed by atoms with Crippen LogP contribution in [0.15, 0.2) is 0 Å². The summed E-state index contributed by atoms with van der Waals surface area (Å²) < 4.78 is 10.8. The van der Waals surface area contributed by atoms with Crippen molar-refractivity contribution in [3.63, 3.8) is 0 Å². The van der Waals surface area contributed by atoms with E-state index in [9.17, 15) is 9.00 Å². The molecule has 0 aliphatic rings. The van der Waals surface area contributed by atoms with Gasteiger partial charge in [0.2, 0.25) is 5.91 Å². The van der Waals surface area contributed by atoms with Crippen molar-refractivity contribution in [3.05, 3.63) is 0 Å². The highest BCUT2D eigenvalue weighted by Crippen LogP contribution is 2.00. The summed E-state index contributed by atoms with van der Waals surface area (Å²) in [5.74, 6) is 0.758. The van der Waals surface area contributed by atoms with E-state index < -0.39 is 10.8 Å². The Morgan fingerprint density at radius 3 is 2.67 bits per heavy atom. The number of carbonyl (C=O) groups excluding carboxylic acids is 1. The molecule has 0 saturated carbocycles. The van der Waals surface area contributed by atoms with Gasteiger partial charge in [0.05, 0.1) is 0 Å². The summed E-state index contributed by atoms with van der Waals surface area (Å²) in [5.41, 5.74) is 0. The SMILES string of the molecule is CC(CCS(C)=O)NC(=O)CCCCBr. The minimum atomic E-state index is -0.765. The zero-order valence-electron chi connectivity index (χ0n) is 9.42. The third kappa shape index (κ3) is 10.4. The highest BCUT2D eigenvalue weighted by Gasteiger charge is 2.07. The van der Waals surface area contributed by atoms with Crippen molar-refractivity contribution in [1.29, 1.82) is 0 Å². The second kappa shape index (κ2) is 9.33.